The van der Waals surface area contributed by atoms with Crippen LogP contribution in [-0.4, -0.2) is 62.5 Å². The molecule has 1 aliphatic heterocycles. The van der Waals surface area contributed by atoms with E-state index < -0.39 is 34.3 Å². The summed E-state index contributed by atoms with van der Waals surface area (Å²) < 4.78 is 49.2. The van der Waals surface area contributed by atoms with E-state index in [1.54, 1.807) is 0 Å². The number of amides is 1. The highest BCUT2D eigenvalue weighted by molar-refractivity contribution is 7.89. The van der Waals surface area contributed by atoms with E-state index in [0.29, 0.717) is 18.9 Å². The molecule has 1 amide bonds. The molecule has 28 heavy (non-hydrogen) atoms. The van der Waals surface area contributed by atoms with E-state index in [4.69, 9.17) is 9.47 Å². The highest BCUT2D eigenvalue weighted by Gasteiger charge is 2.28. The number of esters is 1. The molecule has 2 N–H and O–H groups in total. The van der Waals surface area contributed by atoms with Crippen LogP contribution in [0.5, 0.6) is 0 Å². The minimum Gasteiger partial charge on any atom is -0.451 e. The Bertz CT molecular complexity index is 952. The summed E-state index contributed by atoms with van der Waals surface area (Å²) in [6.45, 7) is 0.498. The van der Waals surface area contributed by atoms with Gasteiger partial charge in [-0.25, -0.2) is 17.6 Å². The van der Waals surface area contributed by atoms with Crippen molar-refractivity contribution in [2.24, 2.45) is 0 Å². The second kappa shape index (κ2) is 8.50. The molecule has 0 spiro atoms. The first-order valence-electron chi connectivity index (χ1n) is 8.35. The molecule has 1 aliphatic rings. The van der Waals surface area contributed by atoms with Gasteiger partial charge in [0.25, 0.3) is 5.91 Å². The predicted molar refractivity (Wildman–Crippen MR) is 95.7 cm³/mol. The van der Waals surface area contributed by atoms with Gasteiger partial charge in [-0.1, -0.05) is 0 Å². The van der Waals surface area contributed by atoms with Crippen LogP contribution >= 0.6 is 0 Å². The van der Waals surface area contributed by atoms with Crippen molar-refractivity contribution in [3.63, 3.8) is 0 Å². The molecule has 0 saturated carbocycles. The lowest BCUT2D eigenvalue weighted by atomic mass is 10.3. The smallest absolute Gasteiger partial charge is 0.355 e. The number of aromatic nitrogens is 1. The lowest BCUT2D eigenvalue weighted by Crippen LogP contribution is -2.40. The Hall–Kier alpha value is -2.76. The zero-order valence-corrected chi connectivity index (χ0v) is 15.5. The number of carbonyl (C=O) groups excluding carboxylic acids is 2. The van der Waals surface area contributed by atoms with Gasteiger partial charge >= 0.3 is 5.97 Å². The summed E-state index contributed by atoms with van der Waals surface area (Å²) in [4.78, 5) is 26.3. The number of sulfonamides is 1. The molecule has 0 aliphatic carbocycles. The van der Waals surface area contributed by atoms with Crippen LogP contribution in [0.4, 0.5) is 10.1 Å². The van der Waals surface area contributed by atoms with Crippen LogP contribution in [0.15, 0.2) is 41.4 Å². The van der Waals surface area contributed by atoms with Crippen molar-refractivity contribution in [1.29, 1.82) is 0 Å². The second-order valence-electron chi connectivity index (χ2n) is 5.90. The van der Waals surface area contributed by atoms with Crippen molar-refractivity contribution in [3.05, 3.63) is 48.0 Å². The van der Waals surface area contributed by atoms with E-state index in [1.165, 1.54) is 34.8 Å². The van der Waals surface area contributed by atoms with Crippen LogP contribution in [0.3, 0.4) is 0 Å². The predicted octanol–water partition coefficient (Wildman–Crippen LogP) is 0.970. The fourth-order valence-electron chi connectivity index (χ4n) is 2.52. The van der Waals surface area contributed by atoms with Crippen molar-refractivity contribution in [1.82, 2.24) is 9.29 Å². The van der Waals surface area contributed by atoms with Gasteiger partial charge in [0.2, 0.25) is 10.0 Å². The molecule has 0 radical (unpaired) electrons. The average molecular weight is 411 g/mol. The van der Waals surface area contributed by atoms with E-state index in [-0.39, 0.29) is 23.7 Å². The van der Waals surface area contributed by atoms with Crippen molar-refractivity contribution >= 4 is 27.6 Å². The summed E-state index contributed by atoms with van der Waals surface area (Å²) in [6, 6.07) is 6.24. The molecule has 11 heteroatoms. The number of hydrogen-bond donors (Lipinski definition) is 2. The van der Waals surface area contributed by atoms with Crippen molar-refractivity contribution in [2.75, 3.05) is 38.2 Å². The van der Waals surface area contributed by atoms with E-state index in [2.05, 4.69) is 10.3 Å². The van der Waals surface area contributed by atoms with E-state index in [9.17, 15) is 22.4 Å². The number of hydrogen-bond acceptors (Lipinski definition) is 6. The second-order valence-corrected chi connectivity index (χ2v) is 7.83. The van der Waals surface area contributed by atoms with Gasteiger partial charge in [0.05, 0.1) is 13.2 Å². The van der Waals surface area contributed by atoms with Gasteiger partial charge in [-0.15, -0.1) is 0 Å². The zero-order chi connectivity index (χ0) is 20.1. The van der Waals surface area contributed by atoms with Gasteiger partial charge in [-0.2, -0.15) is 4.31 Å². The van der Waals surface area contributed by atoms with Crippen molar-refractivity contribution < 1.29 is 31.9 Å². The quantitative estimate of drug-likeness (QED) is 0.684. The Morgan fingerprint density at radius 3 is 2.57 bits per heavy atom. The average Bonchev–Trinajstić information content (AvgIpc) is 3.20. The number of carbonyl (C=O) groups is 2. The largest absolute Gasteiger partial charge is 0.451 e. The van der Waals surface area contributed by atoms with E-state index in [1.807, 2.05) is 0 Å². The summed E-state index contributed by atoms with van der Waals surface area (Å²) in [5.74, 6) is -1.94. The van der Waals surface area contributed by atoms with Crippen LogP contribution < -0.4 is 5.32 Å². The van der Waals surface area contributed by atoms with Gasteiger partial charge in [-0.05, 0) is 30.3 Å². The highest BCUT2D eigenvalue weighted by Crippen LogP contribution is 2.18. The van der Waals surface area contributed by atoms with Crippen LogP contribution in [0.25, 0.3) is 0 Å². The standard InChI is InChI=1S/C17H18FN3O6S/c18-12-1-3-13(4-2-12)20-16(22)11-27-17(23)15-9-14(10-19-15)28(24,25)21-5-7-26-8-6-21/h1-4,9-10,19H,5-8,11H2,(H,20,22). The van der Waals surface area contributed by atoms with Gasteiger partial charge < -0.3 is 19.8 Å². The Kier molecular flexibility index (Phi) is 6.07. The van der Waals surface area contributed by atoms with Crippen molar-refractivity contribution in [2.45, 2.75) is 4.90 Å². The van der Waals surface area contributed by atoms with Gasteiger partial charge in [0.15, 0.2) is 6.61 Å². The maximum absolute atomic E-state index is 12.8. The molecule has 1 aromatic heterocycles. The third-order valence-electron chi connectivity index (χ3n) is 3.95. The molecule has 3 rings (SSSR count). The molecule has 0 unspecified atom stereocenters. The molecule has 0 atom stereocenters. The molecule has 150 valence electrons. The number of rotatable bonds is 6. The van der Waals surface area contributed by atoms with Crippen LogP contribution in [0.1, 0.15) is 10.5 Å². The molecule has 9 nitrogen and oxygen atoms in total. The Morgan fingerprint density at radius 2 is 1.89 bits per heavy atom. The first-order valence-corrected chi connectivity index (χ1v) is 9.79. The zero-order valence-electron chi connectivity index (χ0n) is 14.7. The first kappa shape index (κ1) is 20.0. The van der Waals surface area contributed by atoms with E-state index in [0.717, 1.165) is 6.07 Å². The fourth-order valence-corrected chi connectivity index (χ4v) is 3.92. The molecule has 2 heterocycles. The number of nitrogens with one attached hydrogen (secondary N) is 2. The molecule has 1 saturated heterocycles. The molecule has 1 fully saturated rings. The first-order chi connectivity index (χ1) is 13.4. The van der Waals surface area contributed by atoms with Crippen molar-refractivity contribution in [3.8, 4) is 0 Å². The molecule has 2 aromatic rings. The summed E-state index contributed by atoms with van der Waals surface area (Å²) in [5, 5.41) is 2.44. The molecular formula is C17H18FN3O6S. The van der Waals surface area contributed by atoms with Gasteiger partial charge in [-0.3, -0.25) is 4.79 Å². The third kappa shape index (κ3) is 4.74. The number of benzene rings is 1. The molecule has 0 bridgehead atoms. The Morgan fingerprint density at radius 1 is 1.21 bits per heavy atom. The van der Waals surface area contributed by atoms with Gasteiger partial charge in [0.1, 0.15) is 16.4 Å². The summed E-state index contributed by atoms with van der Waals surface area (Å²) >= 11 is 0. The maximum atomic E-state index is 12.8. The van der Waals surface area contributed by atoms with Gasteiger partial charge in [0, 0.05) is 25.0 Å². The number of morpholine rings is 1. The topological polar surface area (TPSA) is 118 Å². The number of halogens is 1. The number of ether oxygens (including phenoxy) is 2. The SMILES string of the molecule is O=C(COC(=O)c1cc(S(=O)(=O)N2CCOCC2)c[nH]1)Nc1ccc(F)cc1. The molecular weight excluding hydrogens is 393 g/mol. The minimum absolute atomic E-state index is 0.0721. The fraction of sp³-hybridized carbons (Fsp3) is 0.294. The lowest BCUT2D eigenvalue weighted by molar-refractivity contribution is -0.119. The Balaban J connectivity index is 1.56. The highest BCUT2D eigenvalue weighted by atomic mass is 32.2. The summed E-state index contributed by atoms with van der Waals surface area (Å²) in [7, 11) is -3.75. The number of aromatic amines is 1. The van der Waals surface area contributed by atoms with Crippen LogP contribution in [0, 0.1) is 5.82 Å². The lowest BCUT2D eigenvalue weighted by Gasteiger charge is -2.25. The van der Waals surface area contributed by atoms with Crippen LogP contribution in [-0.2, 0) is 24.3 Å². The van der Waals surface area contributed by atoms with Crippen LogP contribution in [0.2, 0.25) is 0 Å². The monoisotopic (exact) mass is 411 g/mol. The number of anilines is 1. The summed E-state index contributed by atoms with van der Waals surface area (Å²) in [5.41, 5.74) is 0.252. The summed E-state index contributed by atoms with van der Waals surface area (Å²) in [6.07, 6.45) is 1.19. The molecule has 1 aromatic carbocycles. The number of H-pyrrole nitrogens is 1. The third-order valence-corrected chi connectivity index (χ3v) is 5.82. The maximum Gasteiger partial charge on any atom is 0.355 e. The normalized spacial score (nSPS) is 15.2. The van der Waals surface area contributed by atoms with E-state index >= 15 is 0 Å². The number of nitrogens with zero attached hydrogens (tertiary/aromatic N) is 1. The Labute approximate surface area is 160 Å². The minimum atomic E-state index is -3.75.